The lowest BCUT2D eigenvalue weighted by Crippen LogP contribution is -2.20. The number of rotatable bonds is 4. The van der Waals surface area contributed by atoms with E-state index >= 15 is 0 Å². The molecule has 1 aromatic carbocycles. The third-order valence-corrected chi connectivity index (χ3v) is 2.70. The minimum absolute atomic E-state index is 0.0127. The fourth-order valence-electron chi connectivity index (χ4n) is 1.81. The van der Waals surface area contributed by atoms with Gasteiger partial charge >= 0.3 is 6.09 Å². The van der Waals surface area contributed by atoms with Crippen molar-refractivity contribution in [3.05, 3.63) is 58.4 Å². The van der Waals surface area contributed by atoms with Crippen LogP contribution >= 0.6 is 0 Å². The number of nitrogens with one attached hydrogen (secondary N) is 1. The molecule has 1 aromatic heterocycles. The predicted octanol–water partition coefficient (Wildman–Crippen LogP) is 2.42. The molecule has 0 unspecified atom stereocenters. The Morgan fingerprint density at radius 3 is 2.80 bits per heavy atom. The SMILES string of the molecule is O=C(O)NCc1cc([N+](=O)[O-])ccc1-c1cccnc1. The summed E-state index contributed by atoms with van der Waals surface area (Å²) in [5, 5.41) is 21.7. The van der Waals surface area contributed by atoms with E-state index in [1.165, 1.54) is 12.1 Å². The smallest absolute Gasteiger partial charge is 0.404 e. The van der Waals surface area contributed by atoms with Crippen molar-refractivity contribution in [3.8, 4) is 11.1 Å². The first kappa shape index (κ1) is 13.5. The summed E-state index contributed by atoms with van der Waals surface area (Å²) in [6, 6.07) is 7.88. The number of aromatic nitrogens is 1. The third kappa shape index (κ3) is 3.08. The van der Waals surface area contributed by atoms with Crippen molar-refractivity contribution in [1.82, 2.24) is 10.3 Å². The second-order valence-electron chi connectivity index (χ2n) is 4.00. The highest BCUT2D eigenvalue weighted by Gasteiger charge is 2.12. The first-order valence-electron chi connectivity index (χ1n) is 5.72. The zero-order chi connectivity index (χ0) is 14.5. The quantitative estimate of drug-likeness (QED) is 0.657. The molecule has 0 radical (unpaired) electrons. The Balaban J connectivity index is 2.44. The number of nitro benzene ring substituents is 1. The summed E-state index contributed by atoms with van der Waals surface area (Å²) < 4.78 is 0. The van der Waals surface area contributed by atoms with Gasteiger partial charge in [0.1, 0.15) is 0 Å². The van der Waals surface area contributed by atoms with Gasteiger partial charge in [-0.1, -0.05) is 6.07 Å². The number of pyridine rings is 1. The van der Waals surface area contributed by atoms with Crippen LogP contribution in [-0.4, -0.2) is 21.1 Å². The highest BCUT2D eigenvalue weighted by atomic mass is 16.6. The zero-order valence-electron chi connectivity index (χ0n) is 10.3. The van der Waals surface area contributed by atoms with Crippen molar-refractivity contribution < 1.29 is 14.8 Å². The van der Waals surface area contributed by atoms with Crippen LogP contribution < -0.4 is 5.32 Å². The molecule has 0 aliphatic rings. The van der Waals surface area contributed by atoms with Crippen LogP contribution in [0, 0.1) is 10.1 Å². The van der Waals surface area contributed by atoms with Crippen LogP contribution in [0.25, 0.3) is 11.1 Å². The van der Waals surface area contributed by atoms with Crippen molar-refractivity contribution in [3.63, 3.8) is 0 Å². The summed E-state index contributed by atoms with van der Waals surface area (Å²) in [6.07, 6.45) is 2.05. The fourth-order valence-corrected chi connectivity index (χ4v) is 1.81. The van der Waals surface area contributed by atoms with Gasteiger partial charge in [0.2, 0.25) is 0 Å². The van der Waals surface area contributed by atoms with Gasteiger partial charge in [0, 0.05) is 36.6 Å². The summed E-state index contributed by atoms with van der Waals surface area (Å²) in [5.41, 5.74) is 1.91. The topological polar surface area (TPSA) is 105 Å². The molecule has 0 saturated heterocycles. The molecule has 1 heterocycles. The molecule has 0 aliphatic carbocycles. The molecule has 0 saturated carbocycles. The van der Waals surface area contributed by atoms with Gasteiger partial charge in [-0.05, 0) is 23.3 Å². The van der Waals surface area contributed by atoms with Crippen LogP contribution in [0.2, 0.25) is 0 Å². The van der Waals surface area contributed by atoms with Gasteiger partial charge in [-0.2, -0.15) is 0 Å². The Bertz CT molecular complexity index is 643. The van der Waals surface area contributed by atoms with Crippen LogP contribution in [-0.2, 0) is 6.54 Å². The maximum absolute atomic E-state index is 10.8. The van der Waals surface area contributed by atoms with E-state index in [9.17, 15) is 14.9 Å². The minimum Gasteiger partial charge on any atom is -0.465 e. The van der Waals surface area contributed by atoms with E-state index in [4.69, 9.17) is 5.11 Å². The molecule has 0 aliphatic heterocycles. The van der Waals surface area contributed by atoms with E-state index in [1.807, 2.05) is 0 Å². The second-order valence-corrected chi connectivity index (χ2v) is 4.00. The molecule has 7 nitrogen and oxygen atoms in total. The number of benzene rings is 1. The number of nitrogens with zero attached hydrogens (tertiary/aromatic N) is 2. The number of nitro groups is 1. The Hall–Kier alpha value is -2.96. The van der Waals surface area contributed by atoms with Gasteiger partial charge < -0.3 is 10.4 Å². The van der Waals surface area contributed by atoms with Crippen molar-refractivity contribution in [2.24, 2.45) is 0 Å². The average molecular weight is 273 g/mol. The fraction of sp³-hybridized carbons (Fsp3) is 0.0769. The molecule has 20 heavy (non-hydrogen) atoms. The van der Waals surface area contributed by atoms with Crippen molar-refractivity contribution >= 4 is 11.8 Å². The van der Waals surface area contributed by atoms with Crippen molar-refractivity contribution in [2.45, 2.75) is 6.54 Å². The lowest BCUT2D eigenvalue weighted by Gasteiger charge is -2.09. The molecule has 7 heteroatoms. The van der Waals surface area contributed by atoms with E-state index in [-0.39, 0.29) is 12.2 Å². The maximum Gasteiger partial charge on any atom is 0.404 e. The average Bonchev–Trinajstić information content (AvgIpc) is 2.45. The van der Waals surface area contributed by atoms with Gasteiger partial charge in [-0.15, -0.1) is 0 Å². The Morgan fingerprint density at radius 2 is 2.20 bits per heavy atom. The van der Waals surface area contributed by atoms with Crippen molar-refractivity contribution in [2.75, 3.05) is 0 Å². The molecule has 0 atom stereocenters. The molecule has 0 spiro atoms. The Labute approximate surface area is 114 Å². The van der Waals surface area contributed by atoms with E-state index in [1.54, 1.807) is 30.6 Å². The second kappa shape index (κ2) is 5.79. The van der Waals surface area contributed by atoms with E-state index < -0.39 is 11.0 Å². The lowest BCUT2D eigenvalue weighted by molar-refractivity contribution is -0.384. The van der Waals surface area contributed by atoms with Gasteiger partial charge in [-0.25, -0.2) is 4.79 Å². The lowest BCUT2D eigenvalue weighted by atomic mass is 10.0. The van der Waals surface area contributed by atoms with Gasteiger partial charge in [0.25, 0.3) is 5.69 Å². The van der Waals surface area contributed by atoms with E-state index in [2.05, 4.69) is 10.3 Å². The van der Waals surface area contributed by atoms with Crippen LogP contribution in [0.15, 0.2) is 42.7 Å². The van der Waals surface area contributed by atoms with Crippen LogP contribution in [0.4, 0.5) is 10.5 Å². The molecule has 0 fully saturated rings. The number of hydrogen-bond acceptors (Lipinski definition) is 4. The van der Waals surface area contributed by atoms with Crippen LogP contribution in [0.3, 0.4) is 0 Å². The van der Waals surface area contributed by atoms with Crippen LogP contribution in [0.1, 0.15) is 5.56 Å². The largest absolute Gasteiger partial charge is 0.465 e. The minimum atomic E-state index is -1.19. The molecule has 0 bridgehead atoms. The molecular formula is C13H11N3O4. The normalized spacial score (nSPS) is 10.0. The molecule has 102 valence electrons. The third-order valence-electron chi connectivity index (χ3n) is 2.70. The van der Waals surface area contributed by atoms with Gasteiger partial charge in [0.05, 0.1) is 4.92 Å². The molecule has 2 N–H and O–H groups in total. The molecular weight excluding hydrogens is 262 g/mol. The molecule has 2 rings (SSSR count). The number of hydrogen-bond donors (Lipinski definition) is 2. The first-order valence-corrected chi connectivity index (χ1v) is 5.72. The van der Waals surface area contributed by atoms with E-state index in [0.717, 1.165) is 5.56 Å². The highest BCUT2D eigenvalue weighted by Crippen LogP contribution is 2.26. The summed E-state index contributed by atoms with van der Waals surface area (Å²) in [7, 11) is 0. The molecule has 1 amide bonds. The Morgan fingerprint density at radius 1 is 1.40 bits per heavy atom. The first-order chi connectivity index (χ1) is 9.58. The van der Waals surface area contributed by atoms with Crippen molar-refractivity contribution in [1.29, 1.82) is 0 Å². The summed E-state index contributed by atoms with van der Waals surface area (Å²) in [6.45, 7) is -0.0127. The number of carbonyl (C=O) groups is 1. The monoisotopic (exact) mass is 273 g/mol. The molecule has 2 aromatic rings. The number of non-ortho nitro benzene ring substituents is 1. The number of amides is 1. The number of carboxylic acid groups (broad SMARTS) is 1. The maximum atomic E-state index is 10.8. The van der Waals surface area contributed by atoms with Gasteiger partial charge in [-0.3, -0.25) is 15.1 Å². The van der Waals surface area contributed by atoms with E-state index in [0.29, 0.717) is 11.1 Å². The summed E-state index contributed by atoms with van der Waals surface area (Å²) >= 11 is 0. The van der Waals surface area contributed by atoms with Crippen LogP contribution in [0.5, 0.6) is 0 Å². The summed E-state index contributed by atoms with van der Waals surface area (Å²) in [5.74, 6) is 0. The standard InChI is InChI=1S/C13H11N3O4/c17-13(18)15-8-10-6-11(16(19)20)3-4-12(10)9-2-1-5-14-7-9/h1-7,15H,8H2,(H,17,18). The summed E-state index contributed by atoms with van der Waals surface area (Å²) in [4.78, 5) is 24.8. The Kier molecular flexibility index (Phi) is 3.90. The highest BCUT2D eigenvalue weighted by molar-refractivity contribution is 5.70. The predicted molar refractivity (Wildman–Crippen MR) is 71.2 cm³/mol. The zero-order valence-corrected chi connectivity index (χ0v) is 10.3. The van der Waals surface area contributed by atoms with Gasteiger partial charge in [0.15, 0.2) is 0 Å².